The minimum atomic E-state index is 0.481. The van der Waals surface area contributed by atoms with Gasteiger partial charge in [0.15, 0.2) is 0 Å². The number of thiazole rings is 1. The van der Waals surface area contributed by atoms with Gasteiger partial charge in [-0.1, -0.05) is 0 Å². The lowest BCUT2D eigenvalue weighted by Crippen LogP contribution is -2.34. The highest BCUT2D eigenvalue weighted by Gasteiger charge is 2.30. The first-order chi connectivity index (χ1) is 6.83. The van der Waals surface area contributed by atoms with Crippen LogP contribution in [-0.4, -0.2) is 36.1 Å². The Morgan fingerprint density at radius 3 is 3.14 bits per heavy atom. The number of nitrogens with two attached hydrogens (primary N) is 1. The van der Waals surface area contributed by atoms with E-state index >= 15 is 0 Å². The summed E-state index contributed by atoms with van der Waals surface area (Å²) in [4.78, 5) is 7.90. The van der Waals surface area contributed by atoms with Crippen LogP contribution in [0.1, 0.15) is 23.6 Å². The monoisotopic (exact) mass is 211 g/mol. The summed E-state index contributed by atoms with van der Waals surface area (Å²) in [5.74, 6) is 0.481. The average molecular weight is 211 g/mol. The lowest BCUT2D eigenvalue weighted by atomic mass is 9.96. The molecule has 0 bridgehead atoms. The third-order valence-corrected chi connectivity index (χ3v) is 4.02. The topological polar surface area (TPSA) is 42.1 Å². The molecule has 1 aromatic rings. The van der Waals surface area contributed by atoms with E-state index in [0.717, 1.165) is 6.54 Å². The highest BCUT2D eigenvalue weighted by Crippen LogP contribution is 2.31. The third-order valence-electron chi connectivity index (χ3n) is 3.11. The zero-order valence-corrected chi connectivity index (χ0v) is 9.33. The van der Waals surface area contributed by atoms with Gasteiger partial charge in [-0.3, -0.25) is 4.98 Å². The van der Waals surface area contributed by atoms with Crippen molar-refractivity contribution in [3.63, 3.8) is 0 Å². The summed E-state index contributed by atoms with van der Waals surface area (Å²) < 4.78 is 0. The smallest absolute Gasteiger partial charge is 0.0794 e. The van der Waals surface area contributed by atoms with E-state index in [0.29, 0.717) is 12.0 Å². The van der Waals surface area contributed by atoms with Crippen molar-refractivity contribution in [1.29, 1.82) is 0 Å². The van der Waals surface area contributed by atoms with E-state index in [1.54, 1.807) is 11.3 Å². The SMILES string of the molecule is CN1CCCC1C(CN)c1cncs1. The molecule has 0 saturated carbocycles. The van der Waals surface area contributed by atoms with Gasteiger partial charge in [0.25, 0.3) is 0 Å². The van der Waals surface area contributed by atoms with E-state index < -0.39 is 0 Å². The molecule has 4 heteroatoms. The van der Waals surface area contributed by atoms with E-state index in [4.69, 9.17) is 5.73 Å². The van der Waals surface area contributed by atoms with E-state index in [1.807, 2.05) is 11.7 Å². The van der Waals surface area contributed by atoms with Crippen LogP contribution in [0, 0.1) is 0 Å². The van der Waals surface area contributed by atoms with Crippen molar-refractivity contribution in [3.05, 3.63) is 16.6 Å². The first kappa shape index (κ1) is 10.1. The lowest BCUT2D eigenvalue weighted by molar-refractivity contribution is 0.274. The minimum Gasteiger partial charge on any atom is -0.330 e. The normalized spacial score (nSPS) is 25.4. The van der Waals surface area contributed by atoms with Crippen LogP contribution in [-0.2, 0) is 0 Å². The maximum absolute atomic E-state index is 5.86. The molecule has 2 N–H and O–H groups in total. The van der Waals surface area contributed by atoms with E-state index in [9.17, 15) is 0 Å². The second kappa shape index (κ2) is 4.38. The van der Waals surface area contributed by atoms with Gasteiger partial charge in [0, 0.05) is 29.6 Å². The number of hydrogen-bond acceptors (Lipinski definition) is 4. The van der Waals surface area contributed by atoms with Gasteiger partial charge >= 0.3 is 0 Å². The molecule has 1 aliphatic rings. The molecule has 2 unspecified atom stereocenters. The molecule has 2 atom stereocenters. The molecule has 14 heavy (non-hydrogen) atoms. The van der Waals surface area contributed by atoms with E-state index in [-0.39, 0.29) is 0 Å². The lowest BCUT2D eigenvalue weighted by Gasteiger charge is -2.26. The highest BCUT2D eigenvalue weighted by molar-refractivity contribution is 7.09. The van der Waals surface area contributed by atoms with Gasteiger partial charge in [0.1, 0.15) is 0 Å². The molecule has 0 spiro atoms. The van der Waals surface area contributed by atoms with Gasteiger partial charge in [-0.25, -0.2) is 0 Å². The number of likely N-dealkylation sites (tertiary alicyclic amines) is 1. The maximum Gasteiger partial charge on any atom is 0.0794 e. The molecule has 2 rings (SSSR count). The van der Waals surface area contributed by atoms with E-state index in [2.05, 4.69) is 16.9 Å². The highest BCUT2D eigenvalue weighted by atomic mass is 32.1. The molecule has 1 aromatic heterocycles. The number of nitrogens with zero attached hydrogens (tertiary/aromatic N) is 2. The number of hydrogen-bond donors (Lipinski definition) is 1. The average Bonchev–Trinajstić information content (AvgIpc) is 2.80. The largest absolute Gasteiger partial charge is 0.330 e. The molecule has 0 radical (unpaired) electrons. The summed E-state index contributed by atoms with van der Waals surface area (Å²) in [5.41, 5.74) is 7.75. The van der Waals surface area contributed by atoms with E-state index in [1.165, 1.54) is 24.3 Å². The Bertz CT molecular complexity index is 273. The third kappa shape index (κ3) is 1.82. The fourth-order valence-electron chi connectivity index (χ4n) is 2.32. The molecule has 2 heterocycles. The predicted octanol–water partition coefficient (Wildman–Crippen LogP) is 1.28. The summed E-state index contributed by atoms with van der Waals surface area (Å²) in [6, 6.07) is 0.625. The molecule has 1 aliphatic heterocycles. The zero-order chi connectivity index (χ0) is 9.97. The van der Waals surface area contributed by atoms with Crippen LogP contribution in [0.2, 0.25) is 0 Å². The maximum atomic E-state index is 5.86. The summed E-state index contributed by atoms with van der Waals surface area (Å²) in [6.07, 6.45) is 4.54. The second-order valence-corrected chi connectivity index (χ2v) is 4.85. The van der Waals surface area contributed by atoms with Crippen LogP contribution >= 0.6 is 11.3 Å². The first-order valence-corrected chi connectivity index (χ1v) is 5.99. The first-order valence-electron chi connectivity index (χ1n) is 5.11. The van der Waals surface area contributed by atoms with Crippen LogP contribution in [0.15, 0.2) is 11.7 Å². The Morgan fingerprint density at radius 1 is 1.79 bits per heavy atom. The molecular formula is C10H17N3S. The molecule has 1 fully saturated rings. The fraction of sp³-hybridized carbons (Fsp3) is 0.700. The Morgan fingerprint density at radius 2 is 2.64 bits per heavy atom. The van der Waals surface area contributed by atoms with Crippen molar-refractivity contribution < 1.29 is 0 Å². The quantitative estimate of drug-likeness (QED) is 0.819. The van der Waals surface area contributed by atoms with Crippen LogP contribution in [0.4, 0.5) is 0 Å². The summed E-state index contributed by atoms with van der Waals surface area (Å²) in [6.45, 7) is 1.94. The van der Waals surface area contributed by atoms with Gasteiger partial charge in [0.05, 0.1) is 5.51 Å². The number of aromatic nitrogens is 1. The van der Waals surface area contributed by atoms with Gasteiger partial charge in [-0.2, -0.15) is 0 Å². The molecule has 0 aromatic carbocycles. The summed E-state index contributed by atoms with van der Waals surface area (Å²) >= 11 is 1.73. The number of likely N-dealkylation sites (N-methyl/N-ethyl adjacent to an activating group) is 1. The van der Waals surface area contributed by atoms with Gasteiger partial charge in [0.2, 0.25) is 0 Å². The van der Waals surface area contributed by atoms with Crippen LogP contribution < -0.4 is 5.73 Å². The van der Waals surface area contributed by atoms with Gasteiger partial charge in [-0.05, 0) is 26.4 Å². The predicted molar refractivity (Wildman–Crippen MR) is 59.6 cm³/mol. The van der Waals surface area contributed by atoms with Crippen molar-refractivity contribution in [2.75, 3.05) is 20.1 Å². The second-order valence-electron chi connectivity index (χ2n) is 3.94. The van der Waals surface area contributed by atoms with Crippen LogP contribution in [0.5, 0.6) is 0 Å². The van der Waals surface area contributed by atoms with Gasteiger partial charge in [-0.15, -0.1) is 11.3 Å². The molecular weight excluding hydrogens is 194 g/mol. The van der Waals surface area contributed by atoms with Crippen molar-refractivity contribution in [3.8, 4) is 0 Å². The van der Waals surface area contributed by atoms with Crippen molar-refractivity contribution in [2.24, 2.45) is 5.73 Å². The minimum absolute atomic E-state index is 0.481. The molecule has 1 saturated heterocycles. The van der Waals surface area contributed by atoms with Crippen LogP contribution in [0.25, 0.3) is 0 Å². The molecule has 78 valence electrons. The number of rotatable bonds is 3. The molecule has 3 nitrogen and oxygen atoms in total. The van der Waals surface area contributed by atoms with Crippen molar-refractivity contribution >= 4 is 11.3 Å². The zero-order valence-electron chi connectivity index (χ0n) is 8.52. The van der Waals surface area contributed by atoms with Crippen molar-refractivity contribution in [2.45, 2.75) is 24.8 Å². The van der Waals surface area contributed by atoms with Crippen molar-refractivity contribution in [1.82, 2.24) is 9.88 Å². The van der Waals surface area contributed by atoms with Gasteiger partial charge < -0.3 is 10.6 Å². The fourth-order valence-corrected chi connectivity index (χ4v) is 3.11. The molecule has 0 amide bonds. The standard InChI is InChI=1S/C10H17N3S/c1-13-4-2-3-9(13)8(5-11)10-6-12-7-14-10/h6-9H,2-5,11H2,1H3. The Hall–Kier alpha value is -0.450. The summed E-state index contributed by atoms with van der Waals surface area (Å²) in [5, 5.41) is 0. The summed E-state index contributed by atoms with van der Waals surface area (Å²) in [7, 11) is 2.20. The van der Waals surface area contributed by atoms with Crippen LogP contribution in [0.3, 0.4) is 0 Å². The molecule has 0 aliphatic carbocycles. The Labute approximate surface area is 88.9 Å². The Balaban J connectivity index is 2.13. The Kier molecular flexibility index (Phi) is 3.15.